The van der Waals surface area contributed by atoms with Crippen LogP contribution in [0, 0.1) is 10.1 Å². The van der Waals surface area contributed by atoms with Crippen LogP contribution in [0.15, 0.2) is 46.9 Å². The van der Waals surface area contributed by atoms with Crippen molar-refractivity contribution in [3.05, 3.63) is 67.6 Å². The second-order valence-corrected chi connectivity index (χ2v) is 5.12. The van der Waals surface area contributed by atoms with Gasteiger partial charge in [-0.1, -0.05) is 23.7 Å². The molecule has 0 aliphatic carbocycles. The van der Waals surface area contributed by atoms with E-state index in [1.165, 1.54) is 18.2 Å². The monoisotopic (exact) mass is 354 g/mol. The number of nitrogens with zero attached hydrogens (tertiary/aromatic N) is 1. The van der Waals surface area contributed by atoms with Crippen LogP contribution in [0.25, 0.3) is 0 Å². The molecule has 1 amide bonds. The molecular formula is C13H8BrClN2O3. The van der Waals surface area contributed by atoms with Gasteiger partial charge in [-0.25, -0.2) is 0 Å². The summed E-state index contributed by atoms with van der Waals surface area (Å²) in [4.78, 5) is 22.3. The number of rotatable bonds is 3. The number of anilines is 1. The highest BCUT2D eigenvalue weighted by Gasteiger charge is 2.14. The summed E-state index contributed by atoms with van der Waals surface area (Å²) in [6, 6.07) is 10.7. The summed E-state index contributed by atoms with van der Waals surface area (Å²) in [7, 11) is 0. The van der Waals surface area contributed by atoms with Crippen LogP contribution < -0.4 is 5.32 Å². The Hall–Kier alpha value is -1.92. The van der Waals surface area contributed by atoms with Gasteiger partial charge in [-0.15, -0.1) is 0 Å². The Morgan fingerprint density at radius 3 is 2.60 bits per heavy atom. The number of halogens is 2. The lowest BCUT2D eigenvalue weighted by Crippen LogP contribution is -2.13. The number of non-ortho nitro benzene ring substituents is 1. The van der Waals surface area contributed by atoms with Crippen molar-refractivity contribution >= 4 is 44.8 Å². The van der Waals surface area contributed by atoms with Gasteiger partial charge in [0.2, 0.25) is 0 Å². The Balaban J connectivity index is 2.30. The Kier molecular flexibility index (Phi) is 4.36. The number of nitrogens with one attached hydrogen (secondary N) is 1. The summed E-state index contributed by atoms with van der Waals surface area (Å²) < 4.78 is 0.624. The fraction of sp³-hybridized carbons (Fsp3) is 0. The first kappa shape index (κ1) is 14.5. The molecule has 102 valence electrons. The van der Waals surface area contributed by atoms with Crippen LogP contribution in [0.3, 0.4) is 0 Å². The van der Waals surface area contributed by atoms with E-state index in [0.717, 1.165) is 0 Å². The Labute approximate surface area is 127 Å². The van der Waals surface area contributed by atoms with Crippen molar-refractivity contribution < 1.29 is 9.72 Å². The van der Waals surface area contributed by atoms with Crippen LogP contribution in [-0.4, -0.2) is 10.8 Å². The molecule has 0 bridgehead atoms. The van der Waals surface area contributed by atoms with Crippen molar-refractivity contribution in [1.82, 2.24) is 0 Å². The summed E-state index contributed by atoms with van der Waals surface area (Å²) in [6.07, 6.45) is 0. The highest BCUT2D eigenvalue weighted by atomic mass is 79.9. The average molecular weight is 356 g/mol. The number of nitro benzene ring substituents is 1. The highest BCUT2D eigenvalue weighted by Crippen LogP contribution is 2.27. The maximum atomic E-state index is 12.1. The maximum absolute atomic E-state index is 12.1. The van der Waals surface area contributed by atoms with E-state index >= 15 is 0 Å². The molecule has 1 N–H and O–H groups in total. The molecule has 20 heavy (non-hydrogen) atoms. The van der Waals surface area contributed by atoms with Crippen molar-refractivity contribution in [2.45, 2.75) is 0 Å². The van der Waals surface area contributed by atoms with Crippen molar-refractivity contribution in [3.8, 4) is 0 Å². The standard InChI is InChI=1S/C13H8BrClN2O3/c14-10-4-2-1-3-9(10)13(18)16-12-7-8(17(19)20)5-6-11(12)15/h1-7H,(H,16,18). The fourth-order valence-corrected chi connectivity index (χ4v) is 2.19. The Bertz CT molecular complexity index is 691. The summed E-state index contributed by atoms with van der Waals surface area (Å²) in [5.41, 5.74) is 0.466. The number of carbonyl (C=O) groups excluding carboxylic acids is 1. The minimum atomic E-state index is -0.551. The average Bonchev–Trinajstić information content (AvgIpc) is 2.41. The molecule has 7 heteroatoms. The van der Waals surface area contributed by atoms with Crippen molar-refractivity contribution in [2.24, 2.45) is 0 Å². The molecule has 2 aromatic rings. The summed E-state index contributed by atoms with van der Waals surface area (Å²) in [5, 5.41) is 13.5. The van der Waals surface area contributed by atoms with Crippen molar-refractivity contribution in [3.63, 3.8) is 0 Å². The largest absolute Gasteiger partial charge is 0.320 e. The molecule has 0 radical (unpaired) electrons. The van der Waals surface area contributed by atoms with Crippen molar-refractivity contribution in [2.75, 3.05) is 5.32 Å². The van der Waals surface area contributed by atoms with Crippen molar-refractivity contribution in [1.29, 1.82) is 0 Å². The quantitative estimate of drug-likeness (QED) is 0.660. The summed E-state index contributed by atoms with van der Waals surface area (Å²) >= 11 is 9.19. The molecule has 2 rings (SSSR count). The summed E-state index contributed by atoms with van der Waals surface area (Å²) in [5.74, 6) is -0.403. The van der Waals surface area contributed by atoms with Crippen LogP contribution in [0.5, 0.6) is 0 Å². The van der Waals surface area contributed by atoms with Crippen LogP contribution in [0.4, 0.5) is 11.4 Å². The zero-order valence-corrected chi connectivity index (χ0v) is 12.3. The van der Waals surface area contributed by atoms with Gasteiger partial charge in [-0.3, -0.25) is 14.9 Å². The summed E-state index contributed by atoms with van der Waals surface area (Å²) in [6.45, 7) is 0. The Morgan fingerprint density at radius 2 is 1.95 bits per heavy atom. The highest BCUT2D eigenvalue weighted by molar-refractivity contribution is 9.10. The molecule has 0 fully saturated rings. The minimum Gasteiger partial charge on any atom is -0.320 e. The Morgan fingerprint density at radius 1 is 1.25 bits per heavy atom. The van der Waals surface area contributed by atoms with Gasteiger partial charge < -0.3 is 5.32 Å². The van der Waals surface area contributed by atoms with Gasteiger partial charge in [0.05, 0.1) is 21.2 Å². The van der Waals surface area contributed by atoms with Gasteiger partial charge in [-0.2, -0.15) is 0 Å². The van der Waals surface area contributed by atoms with E-state index in [2.05, 4.69) is 21.2 Å². The molecular weight excluding hydrogens is 348 g/mol. The lowest BCUT2D eigenvalue weighted by Gasteiger charge is -2.08. The van der Waals surface area contributed by atoms with E-state index in [1.54, 1.807) is 24.3 Å². The lowest BCUT2D eigenvalue weighted by atomic mass is 10.2. The molecule has 0 unspecified atom stereocenters. The molecule has 0 saturated carbocycles. The predicted octanol–water partition coefficient (Wildman–Crippen LogP) is 4.26. The van der Waals surface area contributed by atoms with Gasteiger partial charge in [0.15, 0.2) is 0 Å². The molecule has 0 heterocycles. The van der Waals surface area contributed by atoms with E-state index in [4.69, 9.17) is 11.6 Å². The number of benzene rings is 2. The third-order valence-electron chi connectivity index (χ3n) is 2.53. The van der Waals surface area contributed by atoms with Gasteiger partial charge in [-0.05, 0) is 34.1 Å². The fourth-order valence-electron chi connectivity index (χ4n) is 1.56. The first-order valence-electron chi connectivity index (χ1n) is 5.49. The van der Waals surface area contributed by atoms with Gasteiger partial charge in [0.1, 0.15) is 0 Å². The molecule has 0 saturated heterocycles. The molecule has 0 atom stereocenters. The number of carbonyl (C=O) groups is 1. The molecule has 2 aromatic carbocycles. The van der Waals surface area contributed by atoms with Gasteiger partial charge in [0, 0.05) is 16.6 Å². The third-order valence-corrected chi connectivity index (χ3v) is 3.55. The molecule has 0 spiro atoms. The first-order chi connectivity index (χ1) is 9.49. The van der Waals surface area contributed by atoms with Crippen LogP contribution in [-0.2, 0) is 0 Å². The molecule has 0 aliphatic heterocycles. The topological polar surface area (TPSA) is 72.2 Å². The zero-order valence-electron chi connectivity index (χ0n) is 9.97. The van der Waals surface area contributed by atoms with E-state index in [-0.39, 0.29) is 16.4 Å². The van der Waals surface area contributed by atoms with E-state index < -0.39 is 10.8 Å². The van der Waals surface area contributed by atoms with Gasteiger partial charge >= 0.3 is 0 Å². The SMILES string of the molecule is O=C(Nc1cc([N+](=O)[O-])ccc1Cl)c1ccccc1Br. The smallest absolute Gasteiger partial charge is 0.271 e. The number of nitro groups is 1. The maximum Gasteiger partial charge on any atom is 0.271 e. The molecule has 0 aromatic heterocycles. The third kappa shape index (κ3) is 3.15. The first-order valence-corrected chi connectivity index (χ1v) is 6.66. The second kappa shape index (κ2) is 6.02. The second-order valence-electron chi connectivity index (χ2n) is 3.86. The number of hydrogen-bond donors (Lipinski definition) is 1. The van der Waals surface area contributed by atoms with Crippen LogP contribution in [0.1, 0.15) is 10.4 Å². The number of hydrogen-bond acceptors (Lipinski definition) is 3. The van der Waals surface area contributed by atoms with Gasteiger partial charge in [0.25, 0.3) is 11.6 Å². The van der Waals surface area contributed by atoms with Crippen LogP contribution in [0.2, 0.25) is 5.02 Å². The van der Waals surface area contributed by atoms with E-state index in [1.807, 2.05) is 0 Å². The minimum absolute atomic E-state index is 0.142. The lowest BCUT2D eigenvalue weighted by molar-refractivity contribution is -0.384. The number of amides is 1. The zero-order chi connectivity index (χ0) is 14.7. The molecule has 0 aliphatic rings. The molecule has 5 nitrogen and oxygen atoms in total. The predicted molar refractivity (Wildman–Crippen MR) is 80.2 cm³/mol. The van der Waals surface area contributed by atoms with Crippen LogP contribution >= 0.6 is 27.5 Å². The van der Waals surface area contributed by atoms with E-state index in [9.17, 15) is 14.9 Å². The van der Waals surface area contributed by atoms with E-state index in [0.29, 0.717) is 10.0 Å². The normalized spacial score (nSPS) is 10.1.